The first-order chi connectivity index (χ1) is 8.63. The predicted molar refractivity (Wildman–Crippen MR) is 66.5 cm³/mol. The van der Waals surface area contributed by atoms with Crippen molar-refractivity contribution in [1.29, 1.82) is 0 Å². The Hall–Kier alpha value is -1.86. The minimum atomic E-state index is -0.483. The van der Waals surface area contributed by atoms with Crippen LogP contribution < -0.4 is 10.6 Å². The molecule has 1 aliphatic rings. The third-order valence-corrected chi connectivity index (χ3v) is 2.97. The fourth-order valence-corrected chi connectivity index (χ4v) is 2.04. The summed E-state index contributed by atoms with van der Waals surface area (Å²) in [7, 11) is 0. The van der Waals surface area contributed by atoms with Crippen LogP contribution in [0.2, 0.25) is 0 Å². The van der Waals surface area contributed by atoms with E-state index in [2.05, 4.69) is 0 Å². The molecule has 0 bridgehead atoms. The van der Waals surface area contributed by atoms with Crippen molar-refractivity contribution in [2.24, 2.45) is 0 Å². The number of aliphatic hydroxyl groups is 1. The van der Waals surface area contributed by atoms with E-state index in [9.17, 15) is 15.2 Å². The second-order valence-electron chi connectivity index (χ2n) is 4.10. The van der Waals surface area contributed by atoms with Gasteiger partial charge in [0.15, 0.2) is 0 Å². The van der Waals surface area contributed by atoms with Gasteiger partial charge < -0.3 is 20.5 Å². The summed E-state index contributed by atoms with van der Waals surface area (Å²) >= 11 is 0. The molecule has 7 heteroatoms. The van der Waals surface area contributed by atoms with Crippen LogP contribution in [0.5, 0.6) is 0 Å². The largest absolute Gasteiger partial charge is 0.397 e. The number of non-ortho nitro benzene ring substituents is 1. The highest BCUT2D eigenvalue weighted by Crippen LogP contribution is 2.29. The van der Waals surface area contributed by atoms with E-state index in [1.165, 1.54) is 12.1 Å². The van der Waals surface area contributed by atoms with Crippen molar-refractivity contribution in [3.05, 3.63) is 28.3 Å². The van der Waals surface area contributed by atoms with Crippen molar-refractivity contribution in [1.82, 2.24) is 0 Å². The van der Waals surface area contributed by atoms with E-state index in [0.717, 1.165) is 0 Å². The highest BCUT2D eigenvalue weighted by Gasteiger charge is 2.24. The van der Waals surface area contributed by atoms with Gasteiger partial charge in [-0.2, -0.15) is 0 Å². The molecule has 0 saturated carbocycles. The number of nitrogen functional groups attached to an aromatic ring is 1. The highest BCUT2D eigenvalue weighted by atomic mass is 16.6. The minimum Gasteiger partial charge on any atom is -0.397 e. The number of ether oxygens (including phenoxy) is 1. The quantitative estimate of drug-likeness (QED) is 0.458. The molecule has 1 atom stereocenters. The zero-order chi connectivity index (χ0) is 13.1. The zero-order valence-electron chi connectivity index (χ0n) is 9.78. The number of aliphatic hydroxyl groups excluding tert-OH is 1. The lowest BCUT2D eigenvalue weighted by Crippen LogP contribution is -2.47. The molecule has 1 aromatic rings. The maximum Gasteiger partial charge on any atom is 0.271 e. The van der Waals surface area contributed by atoms with Crippen molar-refractivity contribution in [2.75, 3.05) is 37.0 Å². The number of hydrogen-bond acceptors (Lipinski definition) is 6. The SMILES string of the molecule is Nc1cc([N+](=O)[O-])ccc1N1CCOCC1CO. The Morgan fingerprint density at radius 3 is 3.00 bits per heavy atom. The van der Waals surface area contributed by atoms with Gasteiger partial charge in [-0.25, -0.2) is 0 Å². The average molecular weight is 253 g/mol. The Morgan fingerprint density at radius 2 is 2.39 bits per heavy atom. The van der Waals surface area contributed by atoms with Gasteiger partial charge in [-0.1, -0.05) is 0 Å². The van der Waals surface area contributed by atoms with Crippen LogP contribution in [0.25, 0.3) is 0 Å². The van der Waals surface area contributed by atoms with E-state index in [1.54, 1.807) is 6.07 Å². The topological polar surface area (TPSA) is 102 Å². The third-order valence-electron chi connectivity index (χ3n) is 2.97. The first-order valence-electron chi connectivity index (χ1n) is 5.62. The van der Waals surface area contributed by atoms with E-state index in [0.29, 0.717) is 31.1 Å². The van der Waals surface area contributed by atoms with Crippen molar-refractivity contribution in [3.63, 3.8) is 0 Å². The normalized spacial score (nSPS) is 19.8. The number of morpholine rings is 1. The molecule has 1 aliphatic heterocycles. The van der Waals surface area contributed by atoms with Crippen LogP contribution in [0, 0.1) is 10.1 Å². The van der Waals surface area contributed by atoms with E-state index in [1.807, 2.05) is 4.90 Å². The summed E-state index contributed by atoms with van der Waals surface area (Å²) in [6, 6.07) is 4.19. The lowest BCUT2D eigenvalue weighted by atomic mass is 10.1. The molecule has 1 unspecified atom stereocenters. The Kier molecular flexibility index (Phi) is 3.63. The van der Waals surface area contributed by atoms with E-state index in [-0.39, 0.29) is 18.3 Å². The maximum absolute atomic E-state index is 10.6. The van der Waals surface area contributed by atoms with Crippen molar-refractivity contribution in [2.45, 2.75) is 6.04 Å². The number of nitrogens with two attached hydrogens (primary N) is 1. The van der Waals surface area contributed by atoms with Gasteiger partial charge in [0.25, 0.3) is 5.69 Å². The molecule has 1 saturated heterocycles. The summed E-state index contributed by atoms with van der Waals surface area (Å²) in [6.45, 7) is 1.53. The summed E-state index contributed by atoms with van der Waals surface area (Å²) in [5.41, 5.74) is 6.84. The standard InChI is InChI=1S/C11H15N3O4/c12-10-5-8(14(16)17)1-2-11(10)13-3-4-18-7-9(13)6-15/h1-2,5,9,15H,3-4,6-7,12H2. The summed E-state index contributed by atoms with van der Waals surface area (Å²) in [5, 5.41) is 19.9. The molecular formula is C11H15N3O4. The molecule has 0 aliphatic carbocycles. The number of rotatable bonds is 3. The molecule has 0 amide bonds. The molecule has 0 aromatic heterocycles. The Labute approximate surface area is 104 Å². The van der Waals surface area contributed by atoms with Crippen LogP contribution in [0.3, 0.4) is 0 Å². The summed E-state index contributed by atoms with van der Waals surface area (Å²) < 4.78 is 5.28. The molecule has 7 nitrogen and oxygen atoms in total. The number of nitro benzene ring substituents is 1. The van der Waals surface area contributed by atoms with Gasteiger partial charge in [-0.15, -0.1) is 0 Å². The second kappa shape index (κ2) is 5.19. The fourth-order valence-electron chi connectivity index (χ4n) is 2.04. The molecule has 1 heterocycles. The van der Waals surface area contributed by atoms with Crippen LogP contribution in [-0.4, -0.2) is 42.4 Å². The van der Waals surface area contributed by atoms with Crippen LogP contribution >= 0.6 is 0 Å². The first-order valence-corrected chi connectivity index (χ1v) is 5.62. The lowest BCUT2D eigenvalue weighted by molar-refractivity contribution is -0.384. The summed E-state index contributed by atoms with van der Waals surface area (Å²) in [5.74, 6) is 0. The van der Waals surface area contributed by atoms with Crippen LogP contribution in [0.15, 0.2) is 18.2 Å². The monoisotopic (exact) mass is 253 g/mol. The number of benzene rings is 1. The van der Waals surface area contributed by atoms with Gasteiger partial charge in [0.1, 0.15) is 0 Å². The molecule has 1 fully saturated rings. The lowest BCUT2D eigenvalue weighted by Gasteiger charge is -2.36. The van der Waals surface area contributed by atoms with Crippen LogP contribution in [-0.2, 0) is 4.74 Å². The van der Waals surface area contributed by atoms with Gasteiger partial charge in [-0.05, 0) is 6.07 Å². The zero-order valence-corrected chi connectivity index (χ0v) is 9.78. The Balaban J connectivity index is 2.29. The molecule has 98 valence electrons. The average Bonchev–Trinajstić information content (AvgIpc) is 2.38. The first kappa shape index (κ1) is 12.6. The Morgan fingerprint density at radius 1 is 1.61 bits per heavy atom. The number of hydrogen-bond donors (Lipinski definition) is 2. The third kappa shape index (κ3) is 2.36. The van der Waals surface area contributed by atoms with Gasteiger partial charge >= 0.3 is 0 Å². The maximum atomic E-state index is 10.6. The van der Waals surface area contributed by atoms with E-state index < -0.39 is 4.92 Å². The molecule has 0 radical (unpaired) electrons. The molecule has 3 N–H and O–H groups in total. The van der Waals surface area contributed by atoms with Crippen LogP contribution in [0.1, 0.15) is 0 Å². The van der Waals surface area contributed by atoms with Gasteiger partial charge in [0.05, 0.1) is 42.2 Å². The molecule has 2 rings (SSSR count). The highest BCUT2D eigenvalue weighted by molar-refractivity contribution is 5.71. The summed E-state index contributed by atoms with van der Waals surface area (Å²) in [4.78, 5) is 12.1. The van der Waals surface area contributed by atoms with Crippen molar-refractivity contribution >= 4 is 17.1 Å². The van der Waals surface area contributed by atoms with Crippen molar-refractivity contribution < 1.29 is 14.8 Å². The molecule has 1 aromatic carbocycles. The fraction of sp³-hybridized carbons (Fsp3) is 0.455. The van der Waals surface area contributed by atoms with Crippen molar-refractivity contribution in [3.8, 4) is 0 Å². The molecule has 0 spiro atoms. The smallest absolute Gasteiger partial charge is 0.271 e. The van der Waals surface area contributed by atoms with Gasteiger partial charge in [0.2, 0.25) is 0 Å². The minimum absolute atomic E-state index is 0.0370. The van der Waals surface area contributed by atoms with Gasteiger partial charge in [-0.3, -0.25) is 10.1 Å². The second-order valence-corrected chi connectivity index (χ2v) is 4.10. The molecule has 18 heavy (non-hydrogen) atoms. The van der Waals surface area contributed by atoms with E-state index in [4.69, 9.17) is 10.5 Å². The number of anilines is 2. The number of nitrogens with zero attached hydrogens (tertiary/aromatic N) is 2. The molecular weight excluding hydrogens is 238 g/mol. The van der Waals surface area contributed by atoms with Crippen LogP contribution in [0.4, 0.5) is 17.1 Å². The predicted octanol–water partition coefficient (Wildman–Crippen LogP) is 0.374. The van der Waals surface area contributed by atoms with Gasteiger partial charge in [0, 0.05) is 18.7 Å². The summed E-state index contributed by atoms with van der Waals surface area (Å²) in [6.07, 6.45) is 0. The van der Waals surface area contributed by atoms with E-state index >= 15 is 0 Å². The number of nitro groups is 1. The Bertz CT molecular complexity index is 452.